The molecule has 3 saturated heterocycles. The Morgan fingerprint density at radius 2 is 1.27 bits per heavy atom. The van der Waals surface area contributed by atoms with E-state index >= 15 is 0 Å². The molecule has 3 fully saturated rings. The van der Waals surface area contributed by atoms with Crippen molar-refractivity contribution >= 4 is 35.1 Å². The molecule has 4 amide bonds. The molecule has 0 aromatic heterocycles. The summed E-state index contributed by atoms with van der Waals surface area (Å²) in [5.41, 5.74) is 2.45. The van der Waals surface area contributed by atoms with Gasteiger partial charge in [0.25, 0.3) is 0 Å². The van der Waals surface area contributed by atoms with Crippen LogP contribution in [0.25, 0.3) is 0 Å². The molecule has 3 aromatic carbocycles. The molecule has 6 rings (SSSR count). The number of hydrogen-bond donors (Lipinski definition) is 1. The molecule has 3 aliphatic heterocycles. The summed E-state index contributed by atoms with van der Waals surface area (Å²) in [6.07, 6.45) is 1.22. The Morgan fingerprint density at radius 3 is 1.82 bits per heavy atom. The van der Waals surface area contributed by atoms with E-state index in [1.54, 1.807) is 9.80 Å². The van der Waals surface area contributed by atoms with Crippen molar-refractivity contribution < 1.29 is 19.5 Å². The van der Waals surface area contributed by atoms with Gasteiger partial charge in [0.2, 0.25) is 0 Å². The molecule has 3 aromatic rings. The number of carboxylic acid groups (broad SMARTS) is 1. The second-order valence-corrected chi connectivity index (χ2v) is 10.5. The number of carboxylic acids is 1. The normalized spacial score (nSPS) is 22.2. The number of nitrogens with zero attached hydrogens (tertiary/aromatic N) is 5. The van der Waals surface area contributed by atoms with Crippen LogP contribution in [-0.4, -0.2) is 88.7 Å². The molecule has 1 N–H and O–H groups in total. The number of piperazine rings is 2. The van der Waals surface area contributed by atoms with Crippen molar-refractivity contribution in [3.8, 4) is 0 Å². The van der Waals surface area contributed by atoms with Gasteiger partial charge in [0, 0.05) is 38.4 Å². The van der Waals surface area contributed by atoms with Crippen molar-refractivity contribution in [2.24, 2.45) is 0 Å². The Bertz CT molecular complexity index is 1310. The molecule has 40 heavy (non-hydrogen) atoms. The SMILES string of the molecule is O=C(O)[C@@H]1[C@H]2CCC(CN1C(=O)N(c1ccccc1)c1ccccc1)N2C(=O)N1CCN(c2ccccc2)CC1. The lowest BCUT2D eigenvalue weighted by Crippen LogP contribution is -2.68. The molecule has 206 valence electrons. The summed E-state index contributed by atoms with van der Waals surface area (Å²) in [5.74, 6) is -1.09. The molecule has 0 aliphatic carbocycles. The van der Waals surface area contributed by atoms with E-state index in [0.717, 1.165) is 18.8 Å². The molecule has 9 heteroatoms. The number of fused-ring (bicyclic) bond motifs is 2. The number of hydrogen-bond acceptors (Lipinski definition) is 4. The summed E-state index contributed by atoms with van der Waals surface area (Å²) in [4.78, 5) is 49.6. The van der Waals surface area contributed by atoms with Crippen LogP contribution in [0.5, 0.6) is 0 Å². The third-order valence-electron chi connectivity index (χ3n) is 8.27. The number of urea groups is 2. The van der Waals surface area contributed by atoms with Crippen molar-refractivity contribution in [1.29, 1.82) is 0 Å². The molecule has 2 bridgehead atoms. The van der Waals surface area contributed by atoms with Gasteiger partial charge < -0.3 is 24.7 Å². The van der Waals surface area contributed by atoms with E-state index in [9.17, 15) is 19.5 Å². The van der Waals surface area contributed by atoms with E-state index in [1.165, 1.54) is 4.90 Å². The van der Waals surface area contributed by atoms with Gasteiger partial charge in [-0.25, -0.2) is 14.4 Å². The highest BCUT2D eigenvalue weighted by molar-refractivity contribution is 6.01. The number of amides is 4. The van der Waals surface area contributed by atoms with E-state index in [1.807, 2.05) is 83.8 Å². The largest absolute Gasteiger partial charge is 0.480 e. The summed E-state index contributed by atoms with van der Waals surface area (Å²) >= 11 is 0. The Labute approximate surface area is 233 Å². The van der Waals surface area contributed by atoms with Crippen LogP contribution in [0.3, 0.4) is 0 Å². The second-order valence-electron chi connectivity index (χ2n) is 10.5. The molecule has 3 heterocycles. The molecule has 9 nitrogen and oxygen atoms in total. The van der Waals surface area contributed by atoms with Gasteiger partial charge in [-0.15, -0.1) is 0 Å². The fourth-order valence-corrected chi connectivity index (χ4v) is 6.35. The van der Waals surface area contributed by atoms with Gasteiger partial charge in [-0.3, -0.25) is 4.90 Å². The fraction of sp³-hybridized carbons (Fsp3) is 0.323. The van der Waals surface area contributed by atoms with Gasteiger partial charge in [-0.1, -0.05) is 54.6 Å². The number of carbonyl (C=O) groups excluding carboxylic acids is 2. The molecule has 0 saturated carbocycles. The van der Waals surface area contributed by atoms with Crippen molar-refractivity contribution in [2.75, 3.05) is 42.5 Å². The monoisotopic (exact) mass is 539 g/mol. The van der Waals surface area contributed by atoms with Crippen molar-refractivity contribution in [1.82, 2.24) is 14.7 Å². The lowest BCUT2D eigenvalue weighted by molar-refractivity contribution is -0.145. The van der Waals surface area contributed by atoms with Crippen LogP contribution in [0.4, 0.5) is 26.7 Å². The van der Waals surface area contributed by atoms with Crippen LogP contribution in [0.1, 0.15) is 12.8 Å². The van der Waals surface area contributed by atoms with Crippen molar-refractivity contribution in [2.45, 2.75) is 31.0 Å². The van der Waals surface area contributed by atoms with Crippen LogP contribution in [0.2, 0.25) is 0 Å². The lowest BCUT2D eigenvalue weighted by atomic mass is 10.0. The van der Waals surface area contributed by atoms with Crippen LogP contribution in [-0.2, 0) is 4.79 Å². The molecule has 0 spiro atoms. The minimum atomic E-state index is -1.13. The predicted octanol–water partition coefficient (Wildman–Crippen LogP) is 4.49. The highest BCUT2D eigenvalue weighted by Crippen LogP contribution is 2.38. The first-order valence-electron chi connectivity index (χ1n) is 13.8. The van der Waals surface area contributed by atoms with Gasteiger partial charge in [-0.05, 0) is 49.2 Å². The second kappa shape index (κ2) is 10.9. The number of likely N-dealkylation sites (tertiary alicyclic amines) is 1. The first-order valence-corrected chi connectivity index (χ1v) is 13.8. The zero-order chi connectivity index (χ0) is 27.6. The molecule has 3 aliphatic rings. The summed E-state index contributed by atoms with van der Waals surface area (Å²) in [5, 5.41) is 10.4. The number of carbonyl (C=O) groups is 3. The summed E-state index contributed by atoms with van der Waals surface area (Å²) in [7, 11) is 0. The summed E-state index contributed by atoms with van der Waals surface area (Å²) < 4.78 is 0. The molecular formula is C31H33N5O4. The predicted molar refractivity (Wildman–Crippen MR) is 153 cm³/mol. The molecule has 3 atom stereocenters. The van der Waals surface area contributed by atoms with E-state index in [4.69, 9.17) is 0 Å². The van der Waals surface area contributed by atoms with Gasteiger partial charge >= 0.3 is 18.0 Å². The zero-order valence-corrected chi connectivity index (χ0v) is 22.3. The van der Waals surface area contributed by atoms with Crippen LogP contribution >= 0.6 is 0 Å². The number of rotatable bonds is 4. The molecule has 0 radical (unpaired) electrons. The van der Waals surface area contributed by atoms with Gasteiger partial charge in [0.1, 0.15) is 0 Å². The lowest BCUT2D eigenvalue weighted by Gasteiger charge is -2.48. The Morgan fingerprint density at radius 1 is 0.725 bits per heavy atom. The van der Waals surface area contributed by atoms with E-state index in [2.05, 4.69) is 17.0 Å². The van der Waals surface area contributed by atoms with Crippen LogP contribution in [0.15, 0.2) is 91.0 Å². The third-order valence-corrected chi connectivity index (χ3v) is 8.27. The molecule has 1 unspecified atom stereocenters. The van der Waals surface area contributed by atoms with E-state index < -0.39 is 24.1 Å². The van der Waals surface area contributed by atoms with Gasteiger partial charge in [0.05, 0.1) is 23.5 Å². The van der Waals surface area contributed by atoms with Crippen molar-refractivity contribution in [3.63, 3.8) is 0 Å². The van der Waals surface area contributed by atoms with Crippen molar-refractivity contribution in [3.05, 3.63) is 91.0 Å². The highest BCUT2D eigenvalue weighted by atomic mass is 16.4. The number of benzene rings is 3. The number of anilines is 3. The first-order chi connectivity index (χ1) is 19.5. The zero-order valence-electron chi connectivity index (χ0n) is 22.3. The summed E-state index contributed by atoms with van der Waals surface area (Å²) in [6, 6.07) is 26.2. The average Bonchev–Trinajstić information content (AvgIpc) is 3.30. The molecular weight excluding hydrogens is 506 g/mol. The van der Waals surface area contributed by atoms with E-state index in [0.29, 0.717) is 37.3 Å². The Hall–Kier alpha value is -4.53. The highest BCUT2D eigenvalue weighted by Gasteiger charge is 2.54. The summed E-state index contributed by atoms with van der Waals surface area (Å²) in [6.45, 7) is 2.75. The first kappa shape index (κ1) is 25.7. The quantitative estimate of drug-likeness (QED) is 0.528. The van der Waals surface area contributed by atoms with Crippen LogP contribution < -0.4 is 9.80 Å². The average molecular weight is 540 g/mol. The minimum Gasteiger partial charge on any atom is -0.480 e. The van der Waals surface area contributed by atoms with Gasteiger partial charge in [-0.2, -0.15) is 0 Å². The third kappa shape index (κ3) is 4.72. The van der Waals surface area contributed by atoms with Gasteiger partial charge in [0.15, 0.2) is 6.04 Å². The Balaban J connectivity index is 1.23. The number of aliphatic carboxylic acids is 1. The van der Waals surface area contributed by atoms with E-state index in [-0.39, 0.29) is 18.6 Å². The topological polar surface area (TPSA) is 87.6 Å². The standard InChI is InChI=1S/C31H33N5O4/c37-29(38)28-27-17-16-26(36(27)30(39)33-20-18-32(19-21-33)23-10-4-1-5-11-23)22-34(28)31(40)35(24-12-6-2-7-13-24)25-14-8-3-9-15-25/h1-15,26-28H,16-22H2,(H,37,38)/t26?,27-,28+/m1/s1. The maximum Gasteiger partial charge on any atom is 0.329 e. The maximum atomic E-state index is 14.2. The van der Waals surface area contributed by atoms with Crippen LogP contribution in [0, 0.1) is 0 Å². The maximum absolute atomic E-state index is 14.2. The Kier molecular flexibility index (Phi) is 7.02. The number of para-hydroxylation sites is 3. The fourth-order valence-electron chi connectivity index (χ4n) is 6.35. The smallest absolute Gasteiger partial charge is 0.329 e. The minimum absolute atomic E-state index is 0.124.